The highest BCUT2D eigenvalue weighted by molar-refractivity contribution is 9.10. The van der Waals surface area contributed by atoms with Crippen LogP contribution in [0.1, 0.15) is 23.7 Å². The molecule has 118 valence electrons. The number of hydrogen-bond acceptors (Lipinski definition) is 4. The van der Waals surface area contributed by atoms with Crippen LogP contribution in [0.3, 0.4) is 0 Å². The lowest BCUT2D eigenvalue weighted by molar-refractivity contribution is -0.385. The molecule has 0 radical (unpaired) electrons. The monoisotopic (exact) mass is 370 g/mol. The second-order valence-corrected chi connectivity index (χ2v) is 6.30. The molecule has 1 aromatic rings. The Morgan fingerprint density at radius 1 is 1.45 bits per heavy atom. The molecule has 0 bridgehead atoms. The van der Waals surface area contributed by atoms with Gasteiger partial charge in [0.05, 0.1) is 10.8 Å². The van der Waals surface area contributed by atoms with Crippen LogP contribution in [0.4, 0.5) is 5.69 Å². The molecule has 7 nitrogen and oxygen atoms in total. The summed E-state index contributed by atoms with van der Waals surface area (Å²) in [4.78, 5) is 35.6. The number of hydrogen-bond donors (Lipinski definition) is 1. The summed E-state index contributed by atoms with van der Waals surface area (Å²) < 4.78 is 0.522. The van der Waals surface area contributed by atoms with Crippen molar-refractivity contribution in [2.75, 3.05) is 13.1 Å². The number of nitro benzene ring substituents is 1. The molecule has 0 saturated carbocycles. The zero-order chi connectivity index (χ0) is 16.4. The van der Waals surface area contributed by atoms with Gasteiger partial charge in [-0.05, 0) is 24.5 Å². The van der Waals surface area contributed by atoms with E-state index >= 15 is 0 Å². The minimum atomic E-state index is -0.866. The van der Waals surface area contributed by atoms with E-state index in [-0.39, 0.29) is 30.3 Å². The molecule has 1 heterocycles. The van der Waals surface area contributed by atoms with Crippen LogP contribution in [-0.4, -0.2) is 39.9 Å². The summed E-state index contributed by atoms with van der Waals surface area (Å²) >= 11 is 3.15. The normalized spacial score (nSPS) is 21.5. The van der Waals surface area contributed by atoms with Gasteiger partial charge in [-0.2, -0.15) is 0 Å². The van der Waals surface area contributed by atoms with E-state index in [4.69, 9.17) is 5.11 Å². The molecule has 22 heavy (non-hydrogen) atoms. The van der Waals surface area contributed by atoms with E-state index in [2.05, 4.69) is 15.9 Å². The Hall–Kier alpha value is -1.96. The third-order valence-electron chi connectivity index (χ3n) is 3.90. The van der Waals surface area contributed by atoms with Crippen molar-refractivity contribution < 1.29 is 19.6 Å². The number of aliphatic carboxylic acids is 1. The maximum Gasteiger partial charge on any atom is 0.306 e. The average molecular weight is 371 g/mol. The minimum Gasteiger partial charge on any atom is -0.481 e. The van der Waals surface area contributed by atoms with Gasteiger partial charge in [-0.1, -0.05) is 22.9 Å². The molecule has 1 amide bonds. The molecule has 1 saturated heterocycles. The summed E-state index contributed by atoms with van der Waals surface area (Å²) in [6, 6.07) is 4.28. The molecule has 1 fully saturated rings. The zero-order valence-electron chi connectivity index (χ0n) is 11.9. The lowest BCUT2D eigenvalue weighted by Gasteiger charge is -2.34. The van der Waals surface area contributed by atoms with Gasteiger partial charge in [-0.15, -0.1) is 0 Å². The van der Waals surface area contributed by atoms with Crippen molar-refractivity contribution in [2.24, 2.45) is 11.8 Å². The highest BCUT2D eigenvalue weighted by Gasteiger charge is 2.34. The molecule has 1 aliphatic rings. The molecular weight excluding hydrogens is 356 g/mol. The minimum absolute atomic E-state index is 0.0224. The van der Waals surface area contributed by atoms with E-state index in [0.717, 1.165) is 0 Å². The summed E-state index contributed by atoms with van der Waals surface area (Å²) in [6.07, 6.45) is 0.354. The Labute approximate surface area is 135 Å². The van der Waals surface area contributed by atoms with Crippen LogP contribution < -0.4 is 0 Å². The predicted molar refractivity (Wildman–Crippen MR) is 81.6 cm³/mol. The number of piperidine rings is 1. The smallest absolute Gasteiger partial charge is 0.306 e. The molecule has 0 spiro atoms. The number of carbonyl (C=O) groups excluding carboxylic acids is 1. The second kappa shape index (κ2) is 6.43. The van der Waals surface area contributed by atoms with Crippen LogP contribution in [-0.2, 0) is 4.79 Å². The van der Waals surface area contributed by atoms with Crippen molar-refractivity contribution in [3.05, 3.63) is 38.3 Å². The number of benzene rings is 1. The van der Waals surface area contributed by atoms with Gasteiger partial charge in [0, 0.05) is 23.6 Å². The van der Waals surface area contributed by atoms with Gasteiger partial charge < -0.3 is 10.0 Å². The van der Waals surface area contributed by atoms with Crippen LogP contribution in [0.15, 0.2) is 22.7 Å². The Bertz CT molecular complexity index is 634. The van der Waals surface area contributed by atoms with E-state index in [9.17, 15) is 19.7 Å². The average Bonchev–Trinajstić information content (AvgIpc) is 2.45. The maximum absolute atomic E-state index is 12.5. The largest absolute Gasteiger partial charge is 0.481 e. The third kappa shape index (κ3) is 3.27. The van der Waals surface area contributed by atoms with Gasteiger partial charge in [0.1, 0.15) is 5.56 Å². The molecule has 1 aromatic carbocycles. The molecule has 1 N–H and O–H groups in total. The van der Waals surface area contributed by atoms with Gasteiger partial charge in [0.15, 0.2) is 0 Å². The first-order chi connectivity index (χ1) is 10.3. The number of likely N-dealkylation sites (tertiary alicyclic amines) is 1. The Morgan fingerprint density at radius 2 is 2.14 bits per heavy atom. The molecule has 2 unspecified atom stereocenters. The van der Waals surface area contributed by atoms with E-state index in [1.165, 1.54) is 17.0 Å². The van der Waals surface area contributed by atoms with E-state index in [1.54, 1.807) is 13.0 Å². The number of nitro groups is 1. The Balaban J connectivity index is 2.23. The van der Waals surface area contributed by atoms with Crippen molar-refractivity contribution in [3.63, 3.8) is 0 Å². The Morgan fingerprint density at radius 3 is 2.68 bits per heavy atom. The standard InChI is InChI=1S/C14H15BrN2O5/c1-8-7-16(5-4-10(8)14(19)20)13(18)11-3-2-9(15)6-12(11)17(21)22/h2-3,6,8,10H,4-5,7H2,1H3,(H,19,20). The number of halogens is 1. The summed E-state index contributed by atoms with van der Waals surface area (Å²) in [7, 11) is 0. The van der Waals surface area contributed by atoms with Gasteiger partial charge >= 0.3 is 5.97 Å². The predicted octanol–water partition coefficient (Wildman–Crippen LogP) is 2.54. The summed E-state index contributed by atoms with van der Waals surface area (Å²) in [6.45, 7) is 2.34. The highest BCUT2D eigenvalue weighted by atomic mass is 79.9. The molecule has 0 aromatic heterocycles. The van der Waals surface area contributed by atoms with Crippen LogP contribution in [0, 0.1) is 22.0 Å². The molecule has 2 rings (SSSR count). The fourth-order valence-corrected chi connectivity index (χ4v) is 3.05. The van der Waals surface area contributed by atoms with Crippen molar-refractivity contribution in [1.82, 2.24) is 4.90 Å². The highest BCUT2D eigenvalue weighted by Crippen LogP contribution is 2.28. The molecule has 2 atom stereocenters. The van der Waals surface area contributed by atoms with Gasteiger partial charge in [0.2, 0.25) is 0 Å². The number of carboxylic acids is 1. The van der Waals surface area contributed by atoms with Gasteiger partial charge in [0.25, 0.3) is 11.6 Å². The quantitative estimate of drug-likeness (QED) is 0.650. The fourth-order valence-electron chi connectivity index (χ4n) is 2.70. The second-order valence-electron chi connectivity index (χ2n) is 5.38. The topological polar surface area (TPSA) is 101 Å². The van der Waals surface area contributed by atoms with Crippen molar-refractivity contribution in [2.45, 2.75) is 13.3 Å². The number of nitrogens with zero attached hydrogens (tertiary/aromatic N) is 2. The molecule has 8 heteroatoms. The van der Waals surface area contributed by atoms with Gasteiger partial charge in [-0.3, -0.25) is 19.7 Å². The third-order valence-corrected chi connectivity index (χ3v) is 4.39. The first-order valence-corrected chi connectivity index (χ1v) is 7.56. The molecular formula is C14H15BrN2O5. The summed E-state index contributed by atoms with van der Waals surface area (Å²) in [5.74, 6) is -1.97. The van der Waals surface area contributed by atoms with Crippen LogP contribution in [0.25, 0.3) is 0 Å². The molecule has 0 aliphatic carbocycles. The van der Waals surface area contributed by atoms with Crippen molar-refractivity contribution >= 4 is 33.5 Å². The number of rotatable bonds is 3. The SMILES string of the molecule is CC1CN(C(=O)c2ccc(Br)cc2[N+](=O)[O-])CCC1C(=O)O. The maximum atomic E-state index is 12.5. The van der Waals surface area contributed by atoms with Crippen LogP contribution >= 0.6 is 15.9 Å². The number of carbonyl (C=O) groups is 2. The zero-order valence-corrected chi connectivity index (χ0v) is 13.4. The van der Waals surface area contributed by atoms with Crippen molar-refractivity contribution in [1.29, 1.82) is 0 Å². The van der Waals surface area contributed by atoms with Crippen molar-refractivity contribution in [3.8, 4) is 0 Å². The fraction of sp³-hybridized carbons (Fsp3) is 0.429. The van der Waals surface area contributed by atoms with E-state index in [1.807, 2.05) is 0 Å². The first kappa shape index (κ1) is 16.4. The lowest BCUT2D eigenvalue weighted by Crippen LogP contribution is -2.45. The van der Waals surface area contributed by atoms with Crippen LogP contribution in [0.5, 0.6) is 0 Å². The van der Waals surface area contributed by atoms with Crippen LogP contribution in [0.2, 0.25) is 0 Å². The Kier molecular flexibility index (Phi) is 4.80. The van der Waals surface area contributed by atoms with E-state index < -0.39 is 22.7 Å². The summed E-state index contributed by atoms with van der Waals surface area (Å²) in [5.41, 5.74) is -0.235. The number of amides is 1. The number of carboxylic acid groups (broad SMARTS) is 1. The lowest BCUT2D eigenvalue weighted by atomic mass is 9.87. The molecule has 1 aliphatic heterocycles. The summed E-state index contributed by atoms with van der Waals surface area (Å²) in [5, 5.41) is 20.2. The van der Waals surface area contributed by atoms with E-state index in [0.29, 0.717) is 10.9 Å². The van der Waals surface area contributed by atoms with Gasteiger partial charge in [-0.25, -0.2) is 0 Å². The first-order valence-electron chi connectivity index (χ1n) is 6.77.